The topological polar surface area (TPSA) is 49.6 Å². The lowest BCUT2D eigenvalue weighted by Gasteiger charge is -1.98. The molecule has 0 saturated carbocycles. The lowest BCUT2D eigenvalue weighted by Crippen LogP contribution is -1.97. The number of hydrogen-bond acceptors (Lipinski definition) is 3. The summed E-state index contributed by atoms with van der Waals surface area (Å²) in [4.78, 5) is 8.03. The molecule has 0 aliphatic rings. The zero-order valence-electron chi connectivity index (χ0n) is 7.33. The molecule has 0 spiro atoms. The number of nitrogens with zero attached hydrogens (tertiary/aromatic N) is 3. The number of rotatable bonds is 2. The van der Waals surface area contributed by atoms with Crippen LogP contribution < -0.4 is 0 Å². The molecule has 1 rings (SSSR count). The zero-order valence-corrected chi connectivity index (χ0v) is 7.33. The minimum atomic E-state index is 0.276. The Morgan fingerprint density at radius 2 is 2.25 bits per heavy atom. The van der Waals surface area contributed by atoms with Crippen molar-refractivity contribution in [3.63, 3.8) is 0 Å². The van der Waals surface area contributed by atoms with Crippen molar-refractivity contribution in [1.82, 2.24) is 9.97 Å². The second-order valence-corrected chi connectivity index (χ2v) is 2.69. The van der Waals surface area contributed by atoms with Gasteiger partial charge in [0.25, 0.3) is 0 Å². The standard InChI is InChI=1S/C9H11N3/c1-3-4-8-5-7(2)11-9(6-10)12-8/h5H,3-4H2,1-2H3. The van der Waals surface area contributed by atoms with Crippen LogP contribution in [0, 0.1) is 18.3 Å². The van der Waals surface area contributed by atoms with Gasteiger partial charge in [0, 0.05) is 11.4 Å². The van der Waals surface area contributed by atoms with Gasteiger partial charge in [-0.25, -0.2) is 9.97 Å². The normalized spacial score (nSPS) is 9.42. The van der Waals surface area contributed by atoms with Crippen molar-refractivity contribution in [2.24, 2.45) is 0 Å². The second-order valence-electron chi connectivity index (χ2n) is 2.69. The van der Waals surface area contributed by atoms with E-state index in [1.54, 1.807) is 0 Å². The van der Waals surface area contributed by atoms with E-state index in [1.165, 1.54) is 0 Å². The predicted octanol–water partition coefficient (Wildman–Crippen LogP) is 1.61. The molecular formula is C9H11N3. The Balaban J connectivity index is 3.00. The molecule has 0 saturated heterocycles. The van der Waals surface area contributed by atoms with E-state index in [4.69, 9.17) is 5.26 Å². The quantitative estimate of drug-likeness (QED) is 0.662. The van der Waals surface area contributed by atoms with Crippen molar-refractivity contribution in [3.05, 3.63) is 23.3 Å². The Morgan fingerprint density at radius 3 is 2.83 bits per heavy atom. The lowest BCUT2D eigenvalue weighted by atomic mass is 10.2. The Hall–Kier alpha value is -1.43. The molecule has 3 nitrogen and oxygen atoms in total. The summed E-state index contributed by atoms with van der Waals surface area (Å²) >= 11 is 0. The molecule has 0 bridgehead atoms. The maximum Gasteiger partial charge on any atom is 0.232 e. The van der Waals surface area contributed by atoms with Crippen molar-refractivity contribution in [3.8, 4) is 6.07 Å². The number of aromatic nitrogens is 2. The third kappa shape index (κ3) is 2.03. The van der Waals surface area contributed by atoms with Gasteiger partial charge in [0.2, 0.25) is 5.82 Å². The summed E-state index contributed by atoms with van der Waals surface area (Å²) in [7, 11) is 0. The molecule has 0 aliphatic carbocycles. The van der Waals surface area contributed by atoms with Gasteiger partial charge >= 0.3 is 0 Å². The van der Waals surface area contributed by atoms with Gasteiger partial charge in [-0.3, -0.25) is 0 Å². The average molecular weight is 161 g/mol. The molecule has 1 aromatic rings. The van der Waals surface area contributed by atoms with Gasteiger partial charge in [-0.05, 0) is 19.4 Å². The van der Waals surface area contributed by atoms with E-state index < -0.39 is 0 Å². The summed E-state index contributed by atoms with van der Waals surface area (Å²) in [6.45, 7) is 3.96. The van der Waals surface area contributed by atoms with Gasteiger partial charge in [-0.2, -0.15) is 5.26 Å². The minimum absolute atomic E-state index is 0.276. The number of nitriles is 1. The van der Waals surface area contributed by atoms with Crippen LogP contribution in [-0.4, -0.2) is 9.97 Å². The van der Waals surface area contributed by atoms with E-state index in [9.17, 15) is 0 Å². The molecule has 0 amide bonds. The van der Waals surface area contributed by atoms with Gasteiger partial charge in [0.05, 0.1) is 0 Å². The highest BCUT2D eigenvalue weighted by atomic mass is 14.9. The van der Waals surface area contributed by atoms with Crippen LogP contribution in [-0.2, 0) is 6.42 Å². The third-order valence-electron chi connectivity index (χ3n) is 1.51. The number of hydrogen-bond donors (Lipinski definition) is 0. The van der Waals surface area contributed by atoms with Crippen molar-refractivity contribution in [2.75, 3.05) is 0 Å². The highest BCUT2D eigenvalue weighted by molar-refractivity contribution is 5.17. The van der Waals surface area contributed by atoms with E-state index in [2.05, 4.69) is 16.9 Å². The summed E-state index contributed by atoms with van der Waals surface area (Å²) in [6, 6.07) is 3.87. The fraction of sp³-hybridized carbons (Fsp3) is 0.444. The van der Waals surface area contributed by atoms with E-state index in [0.29, 0.717) is 0 Å². The Morgan fingerprint density at radius 1 is 1.50 bits per heavy atom. The Kier molecular flexibility index (Phi) is 2.76. The van der Waals surface area contributed by atoms with Crippen LogP contribution in [0.3, 0.4) is 0 Å². The maximum atomic E-state index is 8.58. The maximum absolute atomic E-state index is 8.58. The van der Waals surface area contributed by atoms with Crippen LogP contribution in [0.1, 0.15) is 30.6 Å². The van der Waals surface area contributed by atoms with E-state index in [0.717, 1.165) is 24.2 Å². The molecule has 0 unspecified atom stereocenters. The largest absolute Gasteiger partial charge is 0.232 e. The lowest BCUT2D eigenvalue weighted by molar-refractivity contribution is 0.859. The summed E-state index contributed by atoms with van der Waals surface area (Å²) in [5, 5.41) is 8.58. The molecule has 0 radical (unpaired) electrons. The van der Waals surface area contributed by atoms with E-state index in [-0.39, 0.29) is 5.82 Å². The molecule has 12 heavy (non-hydrogen) atoms. The molecule has 1 heterocycles. The molecule has 0 fully saturated rings. The SMILES string of the molecule is CCCc1cc(C)nc(C#N)n1. The minimum Gasteiger partial charge on any atom is -0.224 e. The van der Waals surface area contributed by atoms with E-state index >= 15 is 0 Å². The Bertz CT molecular complexity index is 312. The Labute approximate surface area is 72.1 Å². The van der Waals surface area contributed by atoms with Crippen LogP contribution >= 0.6 is 0 Å². The second kappa shape index (κ2) is 3.82. The first-order valence-corrected chi connectivity index (χ1v) is 4.01. The molecule has 0 atom stereocenters. The highest BCUT2D eigenvalue weighted by Gasteiger charge is 1.99. The van der Waals surface area contributed by atoms with Crippen molar-refractivity contribution < 1.29 is 0 Å². The van der Waals surface area contributed by atoms with Crippen molar-refractivity contribution in [1.29, 1.82) is 5.26 Å². The molecular weight excluding hydrogens is 150 g/mol. The average Bonchev–Trinajstić information content (AvgIpc) is 2.04. The molecule has 3 heteroatoms. The summed E-state index contributed by atoms with van der Waals surface area (Å²) < 4.78 is 0. The highest BCUT2D eigenvalue weighted by Crippen LogP contribution is 2.02. The van der Waals surface area contributed by atoms with Gasteiger partial charge in [0.15, 0.2) is 0 Å². The first-order chi connectivity index (χ1) is 5.76. The third-order valence-corrected chi connectivity index (χ3v) is 1.51. The van der Waals surface area contributed by atoms with Crippen LogP contribution in [0.25, 0.3) is 0 Å². The predicted molar refractivity (Wildman–Crippen MR) is 45.5 cm³/mol. The summed E-state index contributed by atoms with van der Waals surface area (Å²) in [6.07, 6.45) is 1.96. The van der Waals surface area contributed by atoms with Gasteiger partial charge in [-0.15, -0.1) is 0 Å². The summed E-state index contributed by atoms with van der Waals surface area (Å²) in [5.74, 6) is 0.276. The van der Waals surface area contributed by atoms with Gasteiger partial charge in [0.1, 0.15) is 6.07 Å². The van der Waals surface area contributed by atoms with Crippen LogP contribution in [0.4, 0.5) is 0 Å². The first kappa shape index (κ1) is 8.66. The first-order valence-electron chi connectivity index (χ1n) is 4.01. The van der Waals surface area contributed by atoms with Crippen molar-refractivity contribution >= 4 is 0 Å². The molecule has 62 valence electrons. The number of aryl methyl sites for hydroxylation is 2. The smallest absolute Gasteiger partial charge is 0.224 e. The van der Waals surface area contributed by atoms with Gasteiger partial charge < -0.3 is 0 Å². The van der Waals surface area contributed by atoms with Crippen molar-refractivity contribution in [2.45, 2.75) is 26.7 Å². The van der Waals surface area contributed by atoms with Crippen LogP contribution in [0.15, 0.2) is 6.07 Å². The fourth-order valence-electron chi connectivity index (χ4n) is 1.07. The van der Waals surface area contributed by atoms with Crippen LogP contribution in [0.5, 0.6) is 0 Å². The van der Waals surface area contributed by atoms with Gasteiger partial charge in [-0.1, -0.05) is 13.3 Å². The molecule has 0 N–H and O–H groups in total. The molecule has 1 aromatic heterocycles. The summed E-state index contributed by atoms with van der Waals surface area (Å²) in [5.41, 5.74) is 1.83. The zero-order chi connectivity index (χ0) is 8.97. The molecule has 0 aliphatic heterocycles. The van der Waals surface area contributed by atoms with Crippen LogP contribution in [0.2, 0.25) is 0 Å². The fourth-order valence-corrected chi connectivity index (χ4v) is 1.07. The van der Waals surface area contributed by atoms with E-state index in [1.807, 2.05) is 19.1 Å². The monoisotopic (exact) mass is 161 g/mol. The molecule has 0 aromatic carbocycles.